The molecular formula is C10H11NO5. The molecule has 16 heavy (non-hydrogen) atoms. The normalized spacial score (nSPS) is 10.3. The number of hydrogen-bond donors (Lipinski definition) is 2. The van der Waals surface area contributed by atoms with Crippen molar-refractivity contribution < 1.29 is 24.6 Å². The average Bonchev–Trinajstić information content (AvgIpc) is 2.25. The molecular weight excluding hydrogens is 214 g/mol. The molecule has 2 N–H and O–H groups in total. The van der Waals surface area contributed by atoms with Crippen LogP contribution in [0.1, 0.15) is 5.56 Å². The summed E-state index contributed by atoms with van der Waals surface area (Å²) in [6.07, 6.45) is 1.36. The van der Waals surface area contributed by atoms with Crippen molar-refractivity contribution in [1.29, 1.82) is 0 Å². The molecule has 0 saturated heterocycles. The first kappa shape index (κ1) is 11.8. The molecule has 0 aliphatic carbocycles. The molecule has 0 aromatic heterocycles. The Kier molecular flexibility index (Phi) is 4.14. The minimum atomic E-state index is -1.10. The number of phenols is 1. The summed E-state index contributed by atoms with van der Waals surface area (Å²) < 4.78 is 4.97. The quantitative estimate of drug-likeness (QED) is 0.572. The Hall–Kier alpha value is -2.24. The van der Waals surface area contributed by atoms with E-state index in [4.69, 9.17) is 9.84 Å². The summed E-state index contributed by atoms with van der Waals surface area (Å²) in [6.45, 7) is -0.489. The van der Waals surface area contributed by atoms with E-state index >= 15 is 0 Å². The predicted octanol–water partition coefficient (Wildman–Crippen LogP) is 0.836. The van der Waals surface area contributed by atoms with Crippen molar-refractivity contribution in [2.45, 2.75) is 0 Å². The van der Waals surface area contributed by atoms with Gasteiger partial charge in [-0.2, -0.15) is 0 Å². The van der Waals surface area contributed by atoms with E-state index in [2.05, 4.69) is 9.99 Å². The summed E-state index contributed by atoms with van der Waals surface area (Å²) in [5.74, 6) is -0.892. The Morgan fingerprint density at radius 1 is 1.56 bits per heavy atom. The minimum absolute atomic E-state index is 0.0186. The molecule has 0 heterocycles. The standard InChI is InChI=1S/C10H11NO5/c1-15-11-5-7-2-3-8(12)4-9(7)16-6-10(13)14/h2-5,12H,6H2,1H3,(H,13,14). The van der Waals surface area contributed by atoms with Gasteiger partial charge in [0, 0.05) is 11.6 Å². The Bertz CT molecular complexity index is 402. The van der Waals surface area contributed by atoms with E-state index in [1.165, 1.54) is 31.5 Å². The van der Waals surface area contributed by atoms with Crippen LogP contribution in [0.3, 0.4) is 0 Å². The lowest BCUT2D eigenvalue weighted by Gasteiger charge is -2.06. The van der Waals surface area contributed by atoms with Gasteiger partial charge in [-0.3, -0.25) is 0 Å². The van der Waals surface area contributed by atoms with Crippen molar-refractivity contribution in [3.8, 4) is 11.5 Å². The molecule has 0 spiro atoms. The summed E-state index contributed by atoms with van der Waals surface area (Å²) in [6, 6.07) is 4.28. The van der Waals surface area contributed by atoms with Crippen molar-refractivity contribution in [3.05, 3.63) is 23.8 Å². The van der Waals surface area contributed by atoms with Crippen LogP contribution in [-0.4, -0.2) is 36.1 Å². The molecule has 0 unspecified atom stereocenters. The average molecular weight is 225 g/mol. The van der Waals surface area contributed by atoms with Gasteiger partial charge in [-0.25, -0.2) is 4.79 Å². The second-order valence-electron chi connectivity index (χ2n) is 2.82. The number of nitrogens with zero attached hydrogens (tertiary/aromatic N) is 1. The van der Waals surface area contributed by atoms with Crippen molar-refractivity contribution in [1.82, 2.24) is 0 Å². The van der Waals surface area contributed by atoms with E-state index in [1.54, 1.807) is 0 Å². The Morgan fingerprint density at radius 2 is 2.31 bits per heavy atom. The number of carbonyl (C=O) groups is 1. The van der Waals surface area contributed by atoms with Crippen LogP contribution in [0.25, 0.3) is 0 Å². The zero-order valence-corrected chi connectivity index (χ0v) is 8.58. The van der Waals surface area contributed by atoms with E-state index in [0.29, 0.717) is 5.56 Å². The van der Waals surface area contributed by atoms with Crippen molar-refractivity contribution in [2.75, 3.05) is 13.7 Å². The van der Waals surface area contributed by atoms with E-state index in [1.807, 2.05) is 0 Å². The minimum Gasteiger partial charge on any atom is -0.508 e. The SMILES string of the molecule is CON=Cc1ccc(O)cc1OCC(=O)O. The third kappa shape index (κ3) is 3.49. The molecule has 0 bridgehead atoms. The summed E-state index contributed by atoms with van der Waals surface area (Å²) in [4.78, 5) is 14.8. The summed E-state index contributed by atoms with van der Waals surface area (Å²) >= 11 is 0. The Labute approximate surface area is 91.7 Å². The molecule has 0 aliphatic rings. The zero-order valence-electron chi connectivity index (χ0n) is 8.58. The van der Waals surface area contributed by atoms with E-state index < -0.39 is 12.6 Å². The van der Waals surface area contributed by atoms with Gasteiger partial charge in [-0.1, -0.05) is 5.16 Å². The van der Waals surface area contributed by atoms with Gasteiger partial charge < -0.3 is 19.8 Å². The molecule has 0 saturated carbocycles. The highest BCUT2D eigenvalue weighted by Crippen LogP contribution is 2.22. The van der Waals surface area contributed by atoms with Gasteiger partial charge in [-0.05, 0) is 12.1 Å². The lowest BCUT2D eigenvalue weighted by Crippen LogP contribution is -2.10. The largest absolute Gasteiger partial charge is 0.508 e. The number of carboxylic acid groups (broad SMARTS) is 1. The number of benzene rings is 1. The molecule has 1 aromatic carbocycles. The molecule has 0 atom stereocenters. The van der Waals surface area contributed by atoms with Gasteiger partial charge >= 0.3 is 5.97 Å². The lowest BCUT2D eigenvalue weighted by molar-refractivity contribution is -0.139. The monoisotopic (exact) mass is 225 g/mol. The molecule has 6 nitrogen and oxygen atoms in total. The highest BCUT2D eigenvalue weighted by atomic mass is 16.6. The number of aromatic hydroxyl groups is 1. The summed E-state index contributed by atoms with van der Waals surface area (Å²) in [5.41, 5.74) is 0.515. The van der Waals surface area contributed by atoms with Crippen molar-refractivity contribution >= 4 is 12.2 Å². The van der Waals surface area contributed by atoms with E-state index in [9.17, 15) is 9.90 Å². The van der Waals surface area contributed by atoms with Crippen molar-refractivity contribution in [3.63, 3.8) is 0 Å². The van der Waals surface area contributed by atoms with Crippen LogP contribution in [0.5, 0.6) is 11.5 Å². The number of rotatable bonds is 5. The molecule has 1 aromatic rings. The van der Waals surface area contributed by atoms with Crippen LogP contribution in [0.15, 0.2) is 23.4 Å². The van der Waals surface area contributed by atoms with E-state index in [0.717, 1.165) is 0 Å². The predicted molar refractivity (Wildman–Crippen MR) is 55.8 cm³/mol. The number of ether oxygens (including phenoxy) is 1. The fourth-order valence-electron chi connectivity index (χ4n) is 1.00. The molecule has 86 valence electrons. The topological polar surface area (TPSA) is 88.4 Å². The van der Waals surface area contributed by atoms with Gasteiger partial charge in [0.25, 0.3) is 0 Å². The summed E-state index contributed by atoms with van der Waals surface area (Å²) in [5, 5.41) is 21.2. The fourth-order valence-corrected chi connectivity index (χ4v) is 1.00. The van der Waals surface area contributed by atoms with Gasteiger partial charge in [0.1, 0.15) is 18.6 Å². The fraction of sp³-hybridized carbons (Fsp3) is 0.200. The van der Waals surface area contributed by atoms with Crippen LogP contribution < -0.4 is 4.74 Å². The lowest BCUT2D eigenvalue weighted by atomic mass is 10.2. The van der Waals surface area contributed by atoms with Crippen LogP contribution >= 0.6 is 0 Å². The number of oxime groups is 1. The number of phenolic OH excluding ortho intramolecular Hbond substituents is 1. The maximum Gasteiger partial charge on any atom is 0.341 e. The highest BCUT2D eigenvalue weighted by Gasteiger charge is 2.05. The van der Waals surface area contributed by atoms with Gasteiger partial charge in [0.15, 0.2) is 6.61 Å². The highest BCUT2D eigenvalue weighted by molar-refractivity contribution is 5.83. The zero-order chi connectivity index (χ0) is 12.0. The second-order valence-corrected chi connectivity index (χ2v) is 2.82. The van der Waals surface area contributed by atoms with Crippen LogP contribution in [0, 0.1) is 0 Å². The molecule has 6 heteroatoms. The Morgan fingerprint density at radius 3 is 2.94 bits per heavy atom. The van der Waals surface area contributed by atoms with Gasteiger partial charge in [-0.15, -0.1) is 0 Å². The Balaban J connectivity index is 2.89. The smallest absolute Gasteiger partial charge is 0.341 e. The van der Waals surface area contributed by atoms with Crippen molar-refractivity contribution in [2.24, 2.45) is 5.16 Å². The maximum atomic E-state index is 10.3. The first-order valence-corrected chi connectivity index (χ1v) is 4.37. The molecule has 0 radical (unpaired) electrons. The van der Waals surface area contributed by atoms with Crippen LogP contribution in [-0.2, 0) is 9.63 Å². The number of aliphatic carboxylic acids is 1. The second kappa shape index (κ2) is 5.59. The first-order chi connectivity index (χ1) is 7.63. The third-order valence-electron chi connectivity index (χ3n) is 1.65. The molecule has 0 amide bonds. The first-order valence-electron chi connectivity index (χ1n) is 4.37. The third-order valence-corrected chi connectivity index (χ3v) is 1.65. The summed E-state index contributed by atoms with van der Waals surface area (Å²) in [7, 11) is 1.38. The van der Waals surface area contributed by atoms with Gasteiger partial charge in [0.2, 0.25) is 0 Å². The van der Waals surface area contributed by atoms with Crippen LogP contribution in [0.4, 0.5) is 0 Å². The molecule has 1 rings (SSSR count). The number of hydrogen-bond acceptors (Lipinski definition) is 5. The van der Waals surface area contributed by atoms with E-state index in [-0.39, 0.29) is 11.5 Å². The number of carboxylic acids is 1. The maximum absolute atomic E-state index is 10.3. The molecule has 0 aliphatic heterocycles. The van der Waals surface area contributed by atoms with Gasteiger partial charge in [0.05, 0.1) is 6.21 Å². The molecule has 0 fully saturated rings. The van der Waals surface area contributed by atoms with Crippen LogP contribution in [0.2, 0.25) is 0 Å².